The van der Waals surface area contributed by atoms with Crippen LogP contribution in [0.5, 0.6) is 0 Å². The molecule has 0 unspecified atom stereocenters. The van der Waals surface area contributed by atoms with Gasteiger partial charge in [0.2, 0.25) is 5.91 Å². The summed E-state index contributed by atoms with van der Waals surface area (Å²) in [6.45, 7) is 0. The average Bonchev–Trinajstić information content (AvgIpc) is 3.04. The van der Waals surface area contributed by atoms with Crippen molar-refractivity contribution >= 4 is 29.2 Å². The second-order valence-electron chi connectivity index (χ2n) is 4.87. The van der Waals surface area contributed by atoms with Crippen LogP contribution < -0.4 is 11.1 Å². The summed E-state index contributed by atoms with van der Waals surface area (Å²) in [7, 11) is 0. The van der Waals surface area contributed by atoms with E-state index in [9.17, 15) is 9.59 Å². The molecule has 0 atom stereocenters. The Morgan fingerprint density at radius 3 is 2.58 bits per heavy atom. The van der Waals surface area contributed by atoms with Gasteiger partial charge in [-0.05, 0) is 36.4 Å². The van der Waals surface area contributed by atoms with Crippen LogP contribution in [0.4, 0.5) is 5.82 Å². The first-order valence-electron chi connectivity index (χ1n) is 6.92. The molecule has 0 radical (unpaired) electrons. The van der Waals surface area contributed by atoms with Crippen molar-refractivity contribution in [3.63, 3.8) is 0 Å². The van der Waals surface area contributed by atoms with Crippen LogP contribution in [0.15, 0.2) is 54.9 Å². The molecule has 2 heterocycles. The van der Waals surface area contributed by atoms with Crippen molar-refractivity contribution in [3.05, 3.63) is 71.1 Å². The highest BCUT2D eigenvalue weighted by molar-refractivity contribution is 6.30. The zero-order chi connectivity index (χ0) is 17.1. The van der Waals surface area contributed by atoms with E-state index in [-0.39, 0.29) is 11.3 Å². The quantitative estimate of drug-likeness (QED) is 0.759. The van der Waals surface area contributed by atoms with E-state index in [1.807, 2.05) is 0 Å². The Labute approximate surface area is 142 Å². The van der Waals surface area contributed by atoms with Crippen molar-refractivity contribution in [1.29, 1.82) is 0 Å². The lowest BCUT2D eigenvalue weighted by Crippen LogP contribution is -2.17. The van der Waals surface area contributed by atoms with Gasteiger partial charge in [0, 0.05) is 29.0 Å². The summed E-state index contributed by atoms with van der Waals surface area (Å²) in [5, 5.41) is 7.49. The molecule has 0 aliphatic rings. The Bertz CT molecular complexity index is 905. The van der Waals surface area contributed by atoms with Gasteiger partial charge in [0.1, 0.15) is 5.69 Å². The molecular weight excluding hydrogens is 330 g/mol. The van der Waals surface area contributed by atoms with E-state index in [2.05, 4.69) is 15.4 Å². The molecule has 24 heavy (non-hydrogen) atoms. The lowest BCUT2D eigenvalue weighted by molar-refractivity contribution is 0.1000. The normalized spacial score (nSPS) is 10.4. The molecule has 8 heteroatoms. The Morgan fingerprint density at radius 1 is 1.12 bits per heavy atom. The molecule has 2 aromatic heterocycles. The Balaban J connectivity index is 1.77. The van der Waals surface area contributed by atoms with Crippen molar-refractivity contribution in [2.75, 3.05) is 5.32 Å². The minimum absolute atomic E-state index is 0.0762. The van der Waals surface area contributed by atoms with E-state index in [1.54, 1.807) is 41.2 Å². The number of nitrogens with one attached hydrogen (secondary N) is 1. The maximum Gasteiger partial charge on any atom is 0.275 e. The fourth-order valence-electron chi connectivity index (χ4n) is 2.02. The molecule has 7 nitrogen and oxygen atoms in total. The molecule has 3 aromatic rings. The second-order valence-corrected chi connectivity index (χ2v) is 5.31. The van der Waals surface area contributed by atoms with Gasteiger partial charge in [-0.3, -0.25) is 14.6 Å². The van der Waals surface area contributed by atoms with E-state index < -0.39 is 11.8 Å². The number of halogens is 1. The first kappa shape index (κ1) is 15.7. The smallest absolute Gasteiger partial charge is 0.275 e. The summed E-state index contributed by atoms with van der Waals surface area (Å²) in [6, 6.07) is 11.5. The van der Waals surface area contributed by atoms with Gasteiger partial charge in [0.05, 0.1) is 5.69 Å². The number of benzene rings is 1. The van der Waals surface area contributed by atoms with Crippen molar-refractivity contribution in [3.8, 4) is 5.69 Å². The number of nitrogens with zero attached hydrogens (tertiary/aromatic N) is 3. The molecule has 0 fully saturated rings. The minimum Gasteiger partial charge on any atom is -0.366 e. The van der Waals surface area contributed by atoms with Crippen LogP contribution in [-0.4, -0.2) is 26.6 Å². The molecule has 1 aromatic carbocycles. The Kier molecular flexibility index (Phi) is 4.26. The molecular formula is C16H12ClN5O2. The zero-order valence-electron chi connectivity index (χ0n) is 12.3. The summed E-state index contributed by atoms with van der Waals surface area (Å²) >= 11 is 5.85. The summed E-state index contributed by atoms with van der Waals surface area (Å²) in [6.07, 6.45) is 3.05. The van der Waals surface area contributed by atoms with Crippen molar-refractivity contribution in [2.24, 2.45) is 5.73 Å². The molecule has 0 aliphatic heterocycles. The lowest BCUT2D eigenvalue weighted by Gasteiger charge is -2.03. The van der Waals surface area contributed by atoms with Gasteiger partial charge in [0.15, 0.2) is 5.82 Å². The highest BCUT2D eigenvalue weighted by Crippen LogP contribution is 2.15. The number of amides is 2. The number of hydrogen-bond donors (Lipinski definition) is 2. The van der Waals surface area contributed by atoms with E-state index in [4.69, 9.17) is 17.3 Å². The summed E-state index contributed by atoms with van der Waals surface area (Å²) in [4.78, 5) is 27.3. The van der Waals surface area contributed by atoms with Gasteiger partial charge in [0.25, 0.3) is 5.91 Å². The molecule has 0 saturated carbocycles. The van der Waals surface area contributed by atoms with Gasteiger partial charge in [-0.2, -0.15) is 5.10 Å². The van der Waals surface area contributed by atoms with Crippen molar-refractivity contribution in [1.82, 2.24) is 14.8 Å². The lowest BCUT2D eigenvalue weighted by atomic mass is 10.2. The van der Waals surface area contributed by atoms with Crippen LogP contribution in [0.2, 0.25) is 5.02 Å². The largest absolute Gasteiger partial charge is 0.366 e. The van der Waals surface area contributed by atoms with Gasteiger partial charge >= 0.3 is 0 Å². The third-order valence-electron chi connectivity index (χ3n) is 3.20. The molecule has 2 amide bonds. The highest BCUT2D eigenvalue weighted by atomic mass is 35.5. The predicted molar refractivity (Wildman–Crippen MR) is 89.3 cm³/mol. The monoisotopic (exact) mass is 341 g/mol. The maximum atomic E-state index is 12.2. The summed E-state index contributed by atoms with van der Waals surface area (Å²) in [5.74, 6) is -0.765. The van der Waals surface area contributed by atoms with Gasteiger partial charge < -0.3 is 11.1 Å². The molecule has 0 aliphatic carbocycles. The number of anilines is 1. The minimum atomic E-state index is -0.626. The van der Waals surface area contributed by atoms with Crippen LogP contribution >= 0.6 is 11.6 Å². The van der Waals surface area contributed by atoms with Crippen LogP contribution in [0, 0.1) is 0 Å². The number of nitrogens with two attached hydrogens (primary N) is 1. The first-order chi connectivity index (χ1) is 11.5. The summed E-state index contributed by atoms with van der Waals surface area (Å²) < 4.78 is 1.60. The van der Waals surface area contributed by atoms with Crippen LogP contribution in [0.25, 0.3) is 5.69 Å². The predicted octanol–water partition coefficient (Wildman–Crippen LogP) is 2.27. The number of aromatic nitrogens is 3. The fraction of sp³-hybridized carbons (Fsp3) is 0. The number of carbonyl (C=O) groups is 2. The number of primary amides is 1. The zero-order valence-corrected chi connectivity index (χ0v) is 13.1. The highest BCUT2D eigenvalue weighted by Gasteiger charge is 2.12. The number of rotatable bonds is 4. The average molecular weight is 342 g/mol. The third-order valence-corrected chi connectivity index (χ3v) is 3.45. The number of hydrogen-bond acceptors (Lipinski definition) is 4. The molecule has 0 bridgehead atoms. The van der Waals surface area contributed by atoms with Gasteiger partial charge in [-0.1, -0.05) is 11.6 Å². The standard InChI is InChI=1S/C16H12ClN5O2/c17-11-1-3-12(4-2-11)22-8-6-14(21-22)20-16(24)13-9-10(15(18)23)5-7-19-13/h1-9H,(H2,18,23)(H,20,21,24). The number of carbonyl (C=O) groups excluding carboxylic acids is 2. The first-order valence-corrected chi connectivity index (χ1v) is 7.29. The van der Waals surface area contributed by atoms with Gasteiger partial charge in [-0.15, -0.1) is 0 Å². The van der Waals surface area contributed by atoms with E-state index in [0.29, 0.717) is 10.8 Å². The van der Waals surface area contributed by atoms with Gasteiger partial charge in [-0.25, -0.2) is 4.68 Å². The van der Waals surface area contributed by atoms with E-state index in [1.165, 1.54) is 18.3 Å². The van der Waals surface area contributed by atoms with Crippen molar-refractivity contribution in [2.45, 2.75) is 0 Å². The topological polar surface area (TPSA) is 103 Å². The second kappa shape index (κ2) is 6.51. The van der Waals surface area contributed by atoms with Crippen LogP contribution in [-0.2, 0) is 0 Å². The molecule has 120 valence electrons. The number of pyridine rings is 1. The summed E-state index contributed by atoms with van der Waals surface area (Å²) in [5.41, 5.74) is 6.28. The van der Waals surface area contributed by atoms with Crippen molar-refractivity contribution < 1.29 is 9.59 Å². The van der Waals surface area contributed by atoms with Crippen LogP contribution in [0.1, 0.15) is 20.8 Å². The van der Waals surface area contributed by atoms with E-state index in [0.717, 1.165) is 5.69 Å². The maximum absolute atomic E-state index is 12.2. The Hall–Kier alpha value is -3.19. The molecule has 3 rings (SSSR count). The molecule has 0 spiro atoms. The SMILES string of the molecule is NC(=O)c1ccnc(C(=O)Nc2ccn(-c3ccc(Cl)cc3)n2)c1. The molecule has 0 saturated heterocycles. The van der Waals surface area contributed by atoms with Crippen LogP contribution in [0.3, 0.4) is 0 Å². The molecule has 3 N–H and O–H groups in total. The fourth-order valence-corrected chi connectivity index (χ4v) is 2.14. The van der Waals surface area contributed by atoms with E-state index >= 15 is 0 Å². The third kappa shape index (κ3) is 3.41. The Morgan fingerprint density at radius 2 is 1.88 bits per heavy atom.